The highest BCUT2D eigenvalue weighted by Crippen LogP contribution is 2.21. The van der Waals surface area contributed by atoms with E-state index in [-0.39, 0.29) is 11.8 Å². The Labute approximate surface area is 81.5 Å². The van der Waals surface area contributed by atoms with Crippen molar-refractivity contribution in [3.8, 4) is 5.75 Å². The molecule has 0 bridgehead atoms. The van der Waals surface area contributed by atoms with Crippen LogP contribution in [0.2, 0.25) is 0 Å². The van der Waals surface area contributed by atoms with Crippen LogP contribution in [0.3, 0.4) is 0 Å². The fourth-order valence-electron chi connectivity index (χ4n) is 1.58. The summed E-state index contributed by atoms with van der Waals surface area (Å²) in [5.41, 5.74) is 0.724. The molecule has 0 amide bonds. The van der Waals surface area contributed by atoms with Gasteiger partial charge in [0.15, 0.2) is 0 Å². The molecule has 0 saturated carbocycles. The second kappa shape index (κ2) is 3.94. The number of ether oxygens (including phenoxy) is 1. The molecule has 3 nitrogen and oxygen atoms in total. The molecule has 1 heterocycles. The van der Waals surface area contributed by atoms with E-state index in [1.807, 2.05) is 0 Å². The first-order chi connectivity index (χ1) is 6.75. The average molecular weight is 197 g/mol. The summed E-state index contributed by atoms with van der Waals surface area (Å²) in [6.07, 6.45) is 0. The third kappa shape index (κ3) is 2.02. The minimum atomic E-state index is -0.424. The van der Waals surface area contributed by atoms with Crippen molar-refractivity contribution in [1.82, 2.24) is 5.32 Å². The average Bonchev–Trinajstić information content (AvgIpc) is 2.18. The highest BCUT2D eigenvalue weighted by atomic mass is 19.1. The number of morpholine rings is 1. The molecule has 4 heteroatoms. The Hall–Kier alpha value is -1.13. The summed E-state index contributed by atoms with van der Waals surface area (Å²) in [5.74, 6) is -0.472. The normalized spacial score (nSPS) is 22.2. The number of aromatic hydroxyl groups is 1. The molecule has 0 aliphatic carbocycles. The van der Waals surface area contributed by atoms with Crippen molar-refractivity contribution in [2.24, 2.45) is 0 Å². The maximum atomic E-state index is 13.0. The van der Waals surface area contributed by atoms with E-state index in [2.05, 4.69) is 5.32 Å². The van der Waals surface area contributed by atoms with E-state index in [0.29, 0.717) is 13.2 Å². The van der Waals surface area contributed by atoms with Crippen LogP contribution in [0.5, 0.6) is 5.75 Å². The van der Waals surface area contributed by atoms with Crippen LogP contribution in [-0.2, 0) is 4.74 Å². The second-order valence-electron chi connectivity index (χ2n) is 3.32. The lowest BCUT2D eigenvalue weighted by Gasteiger charge is -2.24. The monoisotopic (exact) mass is 197 g/mol. The summed E-state index contributed by atoms with van der Waals surface area (Å²) in [7, 11) is 0. The zero-order chi connectivity index (χ0) is 9.97. The second-order valence-corrected chi connectivity index (χ2v) is 3.32. The largest absolute Gasteiger partial charge is 0.508 e. The van der Waals surface area contributed by atoms with Gasteiger partial charge in [0, 0.05) is 12.6 Å². The topological polar surface area (TPSA) is 41.5 Å². The standard InChI is InChI=1S/C10H12FNO2/c11-8-3-7(4-9(13)5-8)10-6-14-2-1-12-10/h3-5,10,12-13H,1-2,6H2/t10-/m0/s1. The van der Waals surface area contributed by atoms with Crippen molar-refractivity contribution in [3.63, 3.8) is 0 Å². The van der Waals surface area contributed by atoms with Crippen molar-refractivity contribution in [3.05, 3.63) is 29.6 Å². The Morgan fingerprint density at radius 1 is 1.43 bits per heavy atom. The number of nitrogens with one attached hydrogen (secondary N) is 1. The van der Waals surface area contributed by atoms with E-state index in [0.717, 1.165) is 18.2 Å². The molecule has 0 unspecified atom stereocenters. The van der Waals surface area contributed by atoms with Gasteiger partial charge in [0.1, 0.15) is 11.6 Å². The SMILES string of the molecule is Oc1cc(F)cc([C@@H]2COCCN2)c1. The fraction of sp³-hybridized carbons (Fsp3) is 0.400. The van der Waals surface area contributed by atoms with Crippen molar-refractivity contribution in [1.29, 1.82) is 0 Å². The number of benzene rings is 1. The molecule has 2 rings (SSSR count). The molecule has 1 aromatic rings. The van der Waals surface area contributed by atoms with Gasteiger partial charge in [0.2, 0.25) is 0 Å². The first kappa shape index (κ1) is 9.43. The van der Waals surface area contributed by atoms with Gasteiger partial charge in [-0.15, -0.1) is 0 Å². The molecule has 1 aliphatic rings. The van der Waals surface area contributed by atoms with Gasteiger partial charge >= 0.3 is 0 Å². The molecule has 0 radical (unpaired) electrons. The number of halogens is 1. The Morgan fingerprint density at radius 3 is 2.93 bits per heavy atom. The van der Waals surface area contributed by atoms with E-state index in [9.17, 15) is 9.50 Å². The van der Waals surface area contributed by atoms with Crippen molar-refractivity contribution >= 4 is 0 Å². The smallest absolute Gasteiger partial charge is 0.127 e. The van der Waals surface area contributed by atoms with Crippen LogP contribution in [0.1, 0.15) is 11.6 Å². The Balaban J connectivity index is 2.21. The van der Waals surface area contributed by atoms with Gasteiger partial charge in [0.25, 0.3) is 0 Å². The molecule has 0 aromatic heterocycles. The quantitative estimate of drug-likeness (QED) is 0.710. The third-order valence-corrected chi connectivity index (χ3v) is 2.23. The molecule has 0 spiro atoms. The molecule has 76 valence electrons. The zero-order valence-corrected chi connectivity index (χ0v) is 7.66. The van der Waals surface area contributed by atoms with Crippen LogP contribution in [0.15, 0.2) is 18.2 Å². The molecule has 1 aromatic carbocycles. The summed E-state index contributed by atoms with van der Waals surface area (Å²) >= 11 is 0. The summed E-state index contributed by atoms with van der Waals surface area (Å²) in [4.78, 5) is 0. The maximum Gasteiger partial charge on any atom is 0.127 e. The zero-order valence-electron chi connectivity index (χ0n) is 7.66. The molecule has 1 aliphatic heterocycles. The molecule has 1 fully saturated rings. The number of phenolic OH excluding ortho intramolecular Hbond substituents is 1. The lowest BCUT2D eigenvalue weighted by atomic mass is 10.1. The molecule has 2 N–H and O–H groups in total. The Morgan fingerprint density at radius 2 is 2.29 bits per heavy atom. The fourth-order valence-corrected chi connectivity index (χ4v) is 1.58. The van der Waals surface area contributed by atoms with Crippen LogP contribution in [0, 0.1) is 5.82 Å². The highest BCUT2D eigenvalue weighted by Gasteiger charge is 2.16. The lowest BCUT2D eigenvalue weighted by molar-refractivity contribution is 0.0767. The van der Waals surface area contributed by atoms with Crippen molar-refractivity contribution < 1.29 is 14.2 Å². The van der Waals surface area contributed by atoms with Gasteiger partial charge in [-0.2, -0.15) is 0 Å². The summed E-state index contributed by atoms with van der Waals surface area (Å²) < 4.78 is 18.2. The van der Waals surface area contributed by atoms with Crippen LogP contribution < -0.4 is 5.32 Å². The molecular formula is C10H12FNO2. The van der Waals surface area contributed by atoms with E-state index in [1.54, 1.807) is 6.07 Å². The van der Waals surface area contributed by atoms with Gasteiger partial charge in [-0.05, 0) is 17.7 Å². The van der Waals surface area contributed by atoms with Gasteiger partial charge in [-0.1, -0.05) is 0 Å². The Bertz CT molecular complexity index is 304. The lowest BCUT2D eigenvalue weighted by Crippen LogP contribution is -2.34. The van der Waals surface area contributed by atoms with Gasteiger partial charge in [-0.25, -0.2) is 4.39 Å². The summed E-state index contributed by atoms with van der Waals surface area (Å²) in [5, 5.41) is 12.4. The number of hydrogen-bond donors (Lipinski definition) is 2. The van der Waals surface area contributed by atoms with Crippen LogP contribution in [-0.4, -0.2) is 24.9 Å². The summed E-state index contributed by atoms with van der Waals surface area (Å²) in [6.45, 7) is 1.95. The van der Waals surface area contributed by atoms with Crippen molar-refractivity contribution in [2.45, 2.75) is 6.04 Å². The minimum absolute atomic E-state index is 0.0228. The van der Waals surface area contributed by atoms with Crippen LogP contribution in [0.4, 0.5) is 4.39 Å². The first-order valence-electron chi connectivity index (χ1n) is 4.56. The number of rotatable bonds is 1. The number of hydrogen-bond acceptors (Lipinski definition) is 3. The molecule has 1 saturated heterocycles. The predicted octanol–water partition coefficient (Wildman–Crippen LogP) is 1.19. The minimum Gasteiger partial charge on any atom is -0.508 e. The molecule has 1 atom stereocenters. The van der Waals surface area contributed by atoms with E-state index in [1.165, 1.54) is 6.07 Å². The third-order valence-electron chi connectivity index (χ3n) is 2.23. The van der Waals surface area contributed by atoms with E-state index < -0.39 is 5.82 Å². The van der Waals surface area contributed by atoms with Crippen molar-refractivity contribution in [2.75, 3.05) is 19.8 Å². The predicted molar refractivity (Wildman–Crippen MR) is 49.6 cm³/mol. The first-order valence-corrected chi connectivity index (χ1v) is 4.56. The van der Waals surface area contributed by atoms with E-state index in [4.69, 9.17) is 4.74 Å². The van der Waals surface area contributed by atoms with Gasteiger partial charge in [0.05, 0.1) is 19.3 Å². The van der Waals surface area contributed by atoms with Crippen LogP contribution >= 0.6 is 0 Å². The highest BCUT2D eigenvalue weighted by molar-refractivity contribution is 5.30. The van der Waals surface area contributed by atoms with Gasteiger partial charge < -0.3 is 15.2 Å². The maximum absolute atomic E-state index is 13.0. The molecule has 14 heavy (non-hydrogen) atoms. The van der Waals surface area contributed by atoms with E-state index >= 15 is 0 Å². The molecular weight excluding hydrogens is 185 g/mol. The van der Waals surface area contributed by atoms with Crippen LogP contribution in [0.25, 0.3) is 0 Å². The number of phenols is 1. The van der Waals surface area contributed by atoms with Gasteiger partial charge in [-0.3, -0.25) is 0 Å². The summed E-state index contributed by atoms with van der Waals surface area (Å²) in [6, 6.07) is 4.03. The Kier molecular flexibility index (Phi) is 2.65.